The van der Waals surface area contributed by atoms with E-state index in [0.717, 1.165) is 17.3 Å². The van der Waals surface area contributed by atoms with Gasteiger partial charge >= 0.3 is 5.97 Å². The Morgan fingerprint density at radius 2 is 2.41 bits per heavy atom. The lowest BCUT2D eigenvalue weighted by molar-refractivity contribution is -0.133. The van der Waals surface area contributed by atoms with Crippen LogP contribution in [-0.2, 0) is 4.79 Å². The van der Waals surface area contributed by atoms with Crippen LogP contribution in [0.3, 0.4) is 0 Å². The number of nitrogens with zero attached hydrogens (tertiary/aromatic N) is 2. The van der Waals surface area contributed by atoms with Gasteiger partial charge in [0.2, 0.25) is 0 Å². The second-order valence-electron chi connectivity index (χ2n) is 3.12. The topological polar surface area (TPSA) is 76.2 Å². The Labute approximate surface area is 110 Å². The van der Waals surface area contributed by atoms with E-state index < -0.39 is 5.97 Å². The Balaban J connectivity index is 2.18. The number of hydrogen-bond donors (Lipinski definition) is 1. The molecule has 0 fully saturated rings. The lowest BCUT2D eigenvalue weighted by Gasteiger charge is -1.91. The molecule has 2 heterocycles. The Morgan fingerprint density at radius 1 is 1.65 bits per heavy atom. The summed E-state index contributed by atoms with van der Waals surface area (Å²) < 4.78 is 5.32. The number of carboxylic acids is 1. The van der Waals surface area contributed by atoms with Crippen LogP contribution >= 0.6 is 34.7 Å². The molecule has 1 N–H and O–H groups in total. The van der Waals surface area contributed by atoms with Crippen molar-refractivity contribution in [3.63, 3.8) is 0 Å². The first-order valence-corrected chi connectivity index (χ1v) is 6.74. The molecule has 0 aromatic carbocycles. The Bertz CT molecular complexity index is 552. The molecule has 0 aliphatic heterocycles. The molecule has 0 aliphatic rings. The highest BCUT2D eigenvalue weighted by molar-refractivity contribution is 7.99. The summed E-state index contributed by atoms with van der Waals surface area (Å²) in [6.45, 7) is 1.89. The van der Waals surface area contributed by atoms with E-state index in [2.05, 4.69) is 10.2 Å². The summed E-state index contributed by atoms with van der Waals surface area (Å²) in [6, 6.07) is 0. The minimum atomic E-state index is -0.931. The SMILES string of the molecule is Cc1csc(-c2nnc(SCC(=O)O)o2)c1Cl. The zero-order chi connectivity index (χ0) is 12.4. The number of carboxylic acid groups (broad SMARTS) is 1. The molecule has 2 aromatic heterocycles. The van der Waals surface area contributed by atoms with Crippen LogP contribution < -0.4 is 0 Å². The second kappa shape index (κ2) is 5.07. The van der Waals surface area contributed by atoms with Crippen molar-refractivity contribution in [3.05, 3.63) is 16.0 Å². The Kier molecular flexibility index (Phi) is 3.70. The predicted octanol–water partition coefficient (Wildman–Crippen LogP) is 2.94. The second-order valence-corrected chi connectivity index (χ2v) is 5.30. The van der Waals surface area contributed by atoms with Gasteiger partial charge in [-0.3, -0.25) is 4.79 Å². The van der Waals surface area contributed by atoms with E-state index in [1.54, 1.807) is 0 Å². The molecule has 0 radical (unpaired) electrons. The molecule has 0 amide bonds. The van der Waals surface area contributed by atoms with E-state index in [0.29, 0.717) is 15.8 Å². The van der Waals surface area contributed by atoms with E-state index in [4.69, 9.17) is 21.1 Å². The third kappa shape index (κ3) is 2.80. The summed E-state index contributed by atoms with van der Waals surface area (Å²) in [5.74, 6) is -0.723. The summed E-state index contributed by atoms with van der Waals surface area (Å²) in [4.78, 5) is 11.1. The molecule has 0 bridgehead atoms. The fourth-order valence-corrected chi connectivity index (χ4v) is 2.73. The number of halogens is 1. The summed E-state index contributed by atoms with van der Waals surface area (Å²) in [5, 5.41) is 18.8. The highest BCUT2D eigenvalue weighted by Crippen LogP contribution is 2.36. The molecule has 2 rings (SSSR count). The number of carbonyl (C=O) groups is 1. The van der Waals surface area contributed by atoms with Crippen molar-refractivity contribution in [2.45, 2.75) is 12.1 Å². The van der Waals surface area contributed by atoms with Crippen molar-refractivity contribution >= 4 is 40.7 Å². The lowest BCUT2D eigenvalue weighted by atomic mass is 10.3. The van der Waals surface area contributed by atoms with Crippen LogP contribution in [0.4, 0.5) is 0 Å². The molecule has 0 saturated carbocycles. The monoisotopic (exact) mass is 290 g/mol. The van der Waals surface area contributed by atoms with Crippen LogP contribution in [0.5, 0.6) is 0 Å². The molecule has 17 heavy (non-hydrogen) atoms. The molecule has 0 saturated heterocycles. The third-order valence-electron chi connectivity index (χ3n) is 1.82. The smallest absolute Gasteiger partial charge is 0.314 e. The molecule has 0 aliphatic carbocycles. The zero-order valence-electron chi connectivity index (χ0n) is 8.64. The quantitative estimate of drug-likeness (QED) is 0.873. The van der Waals surface area contributed by atoms with Gasteiger partial charge in [-0.05, 0) is 17.9 Å². The van der Waals surface area contributed by atoms with Gasteiger partial charge in [-0.25, -0.2) is 0 Å². The van der Waals surface area contributed by atoms with Gasteiger partial charge in [-0.15, -0.1) is 21.5 Å². The van der Waals surface area contributed by atoms with Crippen LogP contribution in [-0.4, -0.2) is 27.0 Å². The van der Waals surface area contributed by atoms with Crippen LogP contribution in [0.25, 0.3) is 10.8 Å². The summed E-state index contributed by atoms with van der Waals surface area (Å²) in [5.41, 5.74) is 0.949. The van der Waals surface area contributed by atoms with Gasteiger partial charge in [-0.2, -0.15) is 0 Å². The van der Waals surface area contributed by atoms with E-state index >= 15 is 0 Å². The summed E-state index contributed by atoms with van der Waals surface area (Å²) >= 11 is 8.45. The number of thioether (sulfide) groups is 1. The van der Waals surface area contributed by atoms with Gasteiger partial charge in [0, 0.05) is 0 Å². The highest BCUT2D eigenvalue weighted by atomic mass is 35.5. The number of aromatic nitrogens is 2. The lowest BCUT2D eigenvalue weighted by Crippen LogP contribution is -1.97. The average Bonchev–Trinajstić information content (AvgIpc) is 2.85. The third-order valence-corrected chi connectivity index (χ3v) is 4.31. The van der Waals surface area contributed by atoms with Crippen molar-refractivity contribution in [3.8, 4) is 10.8 Å². The first-order chi connectivity index (χ1) is 8.08. The van der Waals surface area contributed by atoms with Gasteiger partial charge < -0.3 is 9.52 Å². The van der Waals surface area contributed by atoms with Crippen molar-refractivity contribution in [1.82, 2.24) is 10.2 Å². The molecule has 8 heteroatoms. The van der Waals surface area contributed by atoms with Crippen LogP contribution in [0, 0.1) is 6.92 Å². The van der Waals surface area contributed by atoms with Crippen LogP contribution in [0.1, 0.15) is 5.56 Å². The number of rotatable bonds is 4. The van der Waals surface area contributed by atoms with E-state index in [1.807, 2.05) is 12.3 Å². The molecule has 0 atom stereocenters. The van der Waals surface area contributed by atoms with E-state index in [1.165, 1.54) is 11.3 Å². The minimum absolute atomic E-state index is 0.112. The highest BCUT2D eigenvalue weighted by Gasteiger charge is 2.16. The standard InChI is InChI=1S/C9H7ClN2O3S2/c1-4-2-16-7(6(4)10)8-11-12-9(15-8)17-3-5(13)14/h2H,3H2,1H3,(H,13,14). The number of hydrogen-bond acceptors (Lipinski definition) is 6. The molecular formula is C9H7ClN2O3S2. The van der Waals surface area contributed by atoms with E-state index in [-0.39, 0.29) is 11.0 Å². The molecule has 5 nitrogen and oxygen atoms in total. The average molecular weight is 291 g/mol. The maximum absolute atomic E-state index is 10.4. The van der Waals surface area contributed by atoms with E-state index in [9.17, 15) is 4.79 Å². The van der Waals surface area contributed by atoms with Gasteiger partial charge in [0.05, 0.1) is 5.02 Å². The molecule has 2 aromatic rings. The minimum Gasteiger partial charge on any atom is -0.481 e. The normalized spacial score (nSPS) is 10.7. The largest absolute Gasteiger partial charge is 0.481 e. The zero-order valence-corrected chi connectivity index (χ0v) is 11.0. The summed E-state index contributed by atoms with van der Waals surface area (Å²) in [7, 11) is 0. The van der Waals surface area contributed by atoms with Crippen molar-refractivity contribution < 1.29 is 14.3 Å². The van der Waals surface area contributed by atoms with Gasteiger partial charge in [-0.1, -0.05) is 23.4 Å². The maximum Gasteiger partial charge on any atom is 0.314 e. The first kappa shape index (κ1) is 12.4. The number of aryl methyl sites for hydroxylation is 1. The number of thiophene rings is 1. The van der Waals surface area contributed by atoms with Crippen molar-refractivity contribution in [2.75, 3.05) is 5.75 Å². The molecule has 90 valence electrons. The summed E-state index contributed by atoms with van der Waals surface area (Å²) in [6.07, 6.45) is 0. The van der Waals surface area contributed by atoms with Gasteiger partial charge in [0.1, 0.15) is 10.6 Å². The number of aliphatic carboxylic acids is 1. The van der Waals surface area contributed by atoms with Crippen LogP contribution in [0.2, 0.25) is 5.02 Å². The maximum atomic E-state index is 10.4. The fraction of sp³-hybridized carbons (Fsp3) is 0.222. The Hall–Kier alpha value is -1.05. The molecule has 0 spiro atoms. The Morgan fingerprint density at radius 3 is 3.00 bits per heavy atom. The first-order valence-electron chi connectivity index (χ1n) is 4.50. The fourth-order valence-electron chi connectivity index (χ4n) is 1.06. The van der Waals surface area contributed by atoms with Crippen LogP contribution in [0.15, 0.2) is 15.0 Å². The van der Waals surface area contributed by atoms with Crippen molar-refractivity contribution in [1.29, 1.82) is 0 Å². The van der Waals surface area contributed by atoms with Crippen molar-refractivity contribution in [2.24, 2.45) is 0 Å². The van der Waals surface area contributed by atoms with Gasteiger partial charge in [0.25, 0.3) is 11.1 Å². The van der Waals surface area contributed by atoms with Gasteiger partial charge in [0.15, 0.2) is 0 Å². The molecular weight excluding hydrogens is 284 g/mol. The molecule has 0 unspecified atom stereocenters. The predicted molar refractivity (Wildman–Crippen MR) is 65.7 cm³/mol.